The molecule has 0 heterocycles. The molecule has 0 aliphatic heterocycles. The van der Waals surface area contributed by atoms with Crippen molar-refractivity contribution in [3.63, 3.8) is 0 Å². The van der Waals surface area contributed by atoms with Crippen LogP contribution in [-0.4, -0.2) is 35.9 Å². The van der Waals surface area contributed by atoms with E-state index in [1.807, 2.05) is 19.9 Å². The summed E-state index contributed by atoms with van der Waals surface area (Å²) in [6, 6.07) is 2.55. The van der Waals surface area contributed by atoms with Gasteiger partial charge in [0.05, 0.1) is 7.11 Å². The molecule has 0 aliphatic rings. The van der Waals surface area contributed by atoms with E-state index >= 15 is 0 Å². The molecule has 0 saturated heterocycles. The average molecular weight is 323 g/mol. The van der Waals surface area contributed by atoms with Gasteiger partial charge in [0.1, 0.15) is 17.4 Å². The van der Waals surface area contributed by atoms with Crippen LogP contribution < -0.4 is 10.1 Å². The number of carbonyl (C=O) groups is 2. The maximum atomic E-state index is 11.8. The predicted molar refractivity (Wildman–Crippen MR) is 87.0 cm³/mol. The number of rotatable bonds is 5. The summed E-state index contributed by atoms with van der Waals surface area (Å²) in [7, 11) is 1.59. The molecular weight excluding hydrogens is 298 g/mol. The van der Waals surface area contributed by atoms with E-state index in [-0.39, 0.29) is 6.42 Å². The van der Waals surface area contributed by atoms with E-state index in [0.29, 0.717) is 0 Å². The minimum Gasteiger partial charge on any atom is -0.496 e. The van der Waals surface area contributed by atoms with Gasteiger partial charge in [-0.1, -0.05) is 6.07 Å². The normalized spacial score (nSPS) is 12.4. The van der Waals surface area contributed by atoms with Crippen molar-refractivity contribution in [1.29, 1.82) is 0 Å². The van der Waals surface area contributed by atoms with Gasteiger partial charge in [0, 0.05) is 6.42 Å². The number of alkyl carbamates (subject to hydrolysis) is 1. The number of amides is 1. The predicted octanol–water partition coefficient (Wildman–Crippen LogP) is 2.83. The van der Waals surface area contributed by atoms with Crippen LogP contribution in [0.25, 0.3) is 0 Å². The lowest BCUT2D eigenvalue weighted by atomic mass is 9.97. The van der Waals surface area contributed by atoms with Crippen LogP contribution in [-0.2, 0) is 16.0 Å². The summed E-state index contributed by atoms with van der Waals surface area (Å²) in [6.07, 6.45) is -0.571. The van der Waals surface area contributed by atoms with Gasteiger partial charge in [-0.15, -0.1) is 0 Å². The summed E-state index contributed by atoms with van der Waals surface area (Å²) in [5.74, 6) is -0.359. The Morgan fingerprint density at radius 1 is 1.22 bits per heavy atom. The highest BCUT2D eigenvalue weighted by atomic mass is 16.6. The minimum atomic E-state index is -1.11. The van der Waals surface area contributed by atoms with E-state index in [1.54, 1.807) is 33.9 Å². The molecule has 6 heteroatoms. The highest BCUT2D eigenvalue weighted by Gasteiger charge is 2.25. The number of carbonyl (C=O) groups excluding carboxylic acids is 1. The second kappa shape index (κ2) is 7.35. The van der Waals surface area contributed by atoms with Crippen LogP contribution in [0.2, 0.25) is 0 Å². The van der Waals surface area contributed by atoms with E-state index in [9.17, 15) is 14.7 Å². The lowest BCUT2D eigenvalue weighted by molar-refractivity contribution is -0.139. The van der Waals surface area contributed by atoms with E-state index in [0.717, 1.165) is 22.4 Å². The van der Waals surface area contributed by atoms with Crippen molar-refractivity contribution < 1.29 is 24.2 Å². The Balaban J connectivity index is 2.91. The molecule has 0 spiro atoms. The summed E-state index contributed by atoms with van der Waals surface area (Å²) in [5, 5.41) is 11.8. The highest BCUT2D eigenvalue weighted by Crippen LogP contribution is 2.24. The molecule has 23 heavy (non-hydrogen) atoms. The molecule has 0 radical (unpaired) electrons. The van der Waals surface area contributed by atoms with E-state index in [4.69, 9.17) is 9.47 Å². The average Bonchev–Trinajstić information content (AvgIpc) is 2.41. The third-order valence-corrected chi connectivity index (χ3v) is 3.48. The zero-order valence-corrected chi connectivity index (χ0v) is 14.5. The van der Waals surface area contributed by atoms with Crippen LogP contribution in [0.5, 0.6) is 5.75 Å². The van der Waals surface area contributed by atoms with E-state index in [1.165, 1.54) is 0 Å². The number of aliphatic carboxylic acids is 1. The fraction of sp³-hybridized carbons (Fsp3) is 0.529. The maximum absolute atomic E-state index is 11.8. The summed E-state index contributed by atoms with van der Waals surface area (Å²) < 4.78 is 10.4. The zero-order chi connectivity index (χ0) is 17.8. The Morgan fingerprint density at radius 3 is 2.30 bits per heavy atom. The lowest BCUT2D eigenvalue weighted by Gasteiger charge is -2.22. The third kappa shape index (κ3) is 5.47. The maximum Gasteiger partial charge on any atom is 0.408 e. The first-order chi connectivity index (χ1) is 10.5. The first-order valence-corrected chi connectivity index (χ1v) is 7.40. The standard InChI is InChI=1S/C17H25NO5/c1-10-11(2)14(22-6)8-7-12(10)9-13(15(19)20)18-16(21)23-17(3,4)5/h7-8,13H,9H2,1-6H3,(H,18,21)(H,19,20). The topological polar surface area (TPSA) is 84.9 Å². The molecule has 1 rings (SSSR count). The highest BCUT2D eigenvalue weighted by molar-refractivity contribution is 5.80. The SMILES string of the molecule is COc1ccc(CC(NC(=O)OC(C)(C)C)C(=O)O)c(C)c1C. The fourth-order valence-corrected chi connectivity index (χ4v) is 2.16. The van der Waals surface area contributed by atoms with Crippen molar-refractivity contribution in [3.8, 4) is 5.75 Å². The van der Waals surface area contributed by atoms with Gasteiger partial charge in [0.15, 0.2) is 0 Å². The Bertz CT molecular complexity index is 589. The molecule has 0 aliphatic carbocycles. The lowest BCUT2D eigenvalue weighted by Crippen LogP contribution is -2.44. The molecular formula is C17H25NO5. The van der Waals surface area contributed by atoms with Crippen LogP contribution in [0.1, 0.15) is 37.5 Å². The number of methoxy groups -OCH3 is 1. The van der Waals surface area contributed by atoms with Gasteiger partial charge >= 0.3 is 12.1 Å². The molecule has 0 bridgehead atoms. The van der Waals surface area contributed by atoms with Crippen molar-refractivity contribution in [2.45, 2.75) is 52.7 Å². The Morgan fingerprint density at radius 2 is 1.83 bits per heavy atom. The van der Waals surface area contributed by atoms with Gasteiger partial charge in [0.2, 0.25) is 0 Å². The van der Waals surface area contributed by atoms with Crippen LogP contribution in [0.3, 0.4) is 0 Å². The zero-order valence-electron chi connectivity index (χ0n) is 14.5. The van der Waals surface area contributed by atoms with Crippen molar-refractivity contribution in [2.24, 2.45) is 0 Å². The molecule has 0 aromatic heterocycles. The number of nitrogens with one attached hydrogen (secondary N) is 1. The molecule has 1 aromatic carbocycles. The molecule has 1 atom stereocenters. The quantitative estimate of drug-likeness (QED) is 0.870. The Kier molecular flexibility index (Phi) is 6.01. The molecule has 1 unspecified atom stereocenters. The van der Waals surface area contributed by atoms with Crippen molar-refractivity contribution in [3.05, 3.63) is 28.8 Å². The number of hydrogen-bond donors (Lipinski definition) is 2. The smallest absolute Gasteiger partial charge is 0.408 e. The second-order valence-electron chi connectivity index (χ2n) is 6.42. The molecule has 1 amide bonds. The largest absolute Gasteiger partial charge is 0.496 e. The number of ether oxygens (including phenoxy) is 2. The molecule has 0 saturated carbocycles. The van der Waals surface area contributed by atoms with E-state index < -0.39 is 23.7 Å². The first kappa shape index (κ1) is 18.8. The molecule has 0 fully saturated rings. The van der Waals surface area contributed by atoms with Gasteiger partial charge < -0.3 is 19.9 Å². The number of hydrogen-bond acceptors (Lipinski definition) is 4. The molecule has 128 valence electrons. The van der Waals surface area contributed by atoms with E-state index in [2.05, 4.69) is 5.32 Å². The molecule has 1 aromatic rings. The summed E-state index contributed by atoms with van der Waals surface area (Å²) in [5.41, 5.74) is 2.06. The van der Waals surface area contributed by atoms with Gasteiger partial charge in [-0.25, -0.2) is 9.59 Å². The number of carboxylic acids is 1. The van der Waals surface area contributed by atoms with Crippen molar-refractivity contribution in [2.75, 3.05) is 7.11 Å². The Hall–Kier alpha value is -2.24. The molecule has 2 N–H and O–H groups in total. The monoisotopic (exact) mass is 323 g/mol. The summed E-state index contributed by atoms with van der Waals surface area (Å²) in [4.78, 5) is 23.2. The van der Waals surface area contributed by atoms with Crippen LogP contribution in [0.15, 0.2) is 12.1 Å². The first-order valence-electron chi connectivity index (χ1n) is 7.40. The van der Waals surface area contributed by atoms with Gasteiger partial charge in [0.25, 0.3) is 0 Å². The number of benzene rings is 1. The fourth-order valence-electron chi connectivity index (χ4n) is 2.16. The second-order valence-corrected chi connectivity index (χ2v) is 6.42. The summed E-state index contributed by atoms with van der Waals surface area (Å²) in [6.45, 7) is 8.98. The third-order valence-electron chi connectivity index (χ3n) is 3.48. The minimum absolute atomic E-state index is 0.172. The van der Waals surface area contributed by atoms with Crippen molar-refractivity contribution >= 4 is 12.1 Å². The summed E-state index contributed by atoms with van der Waals surface area (Å²) >= 11 is 0. The van der Waals surface area contributed by atoms with Crippen LogP contribution in [0.4, 0.5) is 4.79 Å². The molecule has 6 nitrogen and oxygen atoms in total. The van der Waals surface area contributed by atoms with Gasteiger partial charge in [-0.3, -0.25) is 0 Å². The van der Waals surface area contributed by atoms with Crippen LogP contribution >= 0.6 is 0 Å². The number of carboxylic acid groups (broad SMARTS) is 1. The van der Waals surface area contributed by atoms with Crippen molar-refractivity contribution in [1.82, 2.24) is 5.32 Å². The Labute approximate surface area is 136 Å². The van der Waals surface area contributed by atoms with Crippen LogP contribution in [0, 0.1) is 13.8 Å². The van der Waals surface area contributed by atoms with Gasteiger partial charge in [-0.05, 0) is 57.4 Å². The van der Waals surface area contributed by atoms with Gasteiger partial charge in [-0.2, -0.15) is 0 Å².